The second-order valence-electron chi connectivity index (χ2n) is 5.75. The highest BCUT2D eigenvalue weighted by Gasteiger charge is 2.26. The topological polar surface area (TPSA) is 35.2 Å². The van der Waals surface area contributed by atoms with Crippen molar-refractivity contribution >= 4 is 5.69 Å². The molecule has 2 heteroatoms. The molecule has 0 bridgehead atoms. The molecule has 3 rings (SSSR count). The minimum Gasteiger partial charge on any atom is -0.489 e. The molecule has 1 saturated carbocycles. The van der Waals surface area contributed by atoms with Crippen LogP contribution in [0.5, 0.6) is 5.75 Å². The Balaban J connectivity index is 1.81. The SMILES string of the molecule is Cc1ccc(OCc2c(N)cccc2C2CC2)c(C)c1. The normalized spacial score (nSPS) is 14.3. The first kappa shape index (κ1) is 13.0. The number of hydrogen-bond acceptors (Lipinski definition) is 2. The van der Waals surface area contributed by atoms with Crippen LogP contribution < -0.4 is 10.5 Å². The Morgan fingerprint density at radius 3 is 2.65 bits per heavy atom. The van der Waals surface area contributed by atoms with Gasteiger partial charge >= 0.3 is 0 Å². The molecule has 0 radical (unpaired) electrons. The number of benzene rings is 2. The highest BCUT2D eigenvalue weighted by atomic mass is 16.5. The molecular formula is C18H21NO. The van der Waals surface area contributed by atoms with Crippen LogP contribution in [0.1, 0.15) is 41.0 Å². The van der Waals surface area contributed by atoms with Crippen molar-refractivity contribution in [2.45, 2.75) is 39.2 Å². The van der Waals surface area contributed by atoms with Gasteiger partial charge in [-0.15, -0.1) is 0 Å². The van der Waals surface area contributed by atoms with Gasteiger partial charge in [-0.2, -0.15) is 0 Å². The van der Waals surface area contributed by atoms with Crippen LogP contribution in [0.2, 0.25) is 0 Å². The summed E-state index contributed by atoms with van der Waals surface area (Å²) in [6.07, 6.45) is 2.56. The van der Waals surface area contributed by atoms with E-state index in [1.807, 2.05) is 18.2 Å². The molecule has 2 nitrogen and oxygen atoms in total. The molecule has 0 amide bonds. The molecule has 0 heterocycles. The molecule has 0 aromatic heterocycles. The summed E-state index contributed by atoms with van der Waals surface area (Å²) in [4.78, 5) is 0. The van der Waals surface area contributed by atoms with Crippen LogP contribution in [-0.4, -0.2) is 0 Å². The minimum atomic E-state index is 0.558. The maximum Gasteiger partial charge on any atom is 0.122 e. The van der Waals surface area contributed by atoms with Crippen molar-refractivity contribution in [1.82, 2.24) is 0 Å². The molecule has 0 aliphatic heterocycles. The van der Waals surface area contributed by atoms with Gasteiger partial charge in [-0.05, 0) is 55.9 Å². The molecular weight excluding hydrogens is 246 g/mol. The molecule has 20 heavy (non-hydrogen) atoms. The van der Waals surface area contributed by atoms with Crippen molar-refractivity contribution in [3.63, 3.8) is 0 Å². The lowest BCUT2D eigenvalue weighted by Crippen LogP contribution is -2.04. The molecule has 0 unspecified atom stereocenters. The van der Waals surface area contributed by atoms with Gasteiger partial charge in [0, 0.05) is 11.3 Å². The van der Waals surface area contributed by atoms with Crippen molar-refractivity contribution in [2.24, 2.45) is 0 Å². The van der Waals surface area contributed by atoms with Crippen LogP contribution >= 0.6 is 0 Å². The zero-order valence-corrected chi connectivity index (χ0v) is 12.1. The fraction of sp³-hybridized carbons (Fsp3) is 0.333. The van der Waals surface area contributed by atoms with Crippen LogP contribution in [0.15, 0.2) is 36.4 Å². The summed E-state index contributed by atoms with van der Waals surface area (Å²) in [5.41, 5.74) is 11.9. The van der Waals surface area contributed by atoms with Crippen molar-refractivity contribution in [2.75, 3.05) is 5.73 Å². The fourth-order valence-electron chi connectivity index (χ4n) is 2.68. The lowest BCUT2D eigenvalue weighted by molar-refractivity contribution is 0.303. The Kier molecular flexibility index (Phi) is 3.39. The third-order valence-corrected chi connectivity index (χ3v) is 3.97. The van der Waals surface area contributed by atoms with Crippen LogP contribution in [0.4, 0.5) is 5.69 Å². The first-order valence-corrected chi connectivity index (χ1v) is 7.22. The van der Waals surface area contributed by atoms with Crippen LogP contribution in [0.3, 0.4) is 0 Å². The number of ether oxygens (including phenoxy) is 1. The smallest absolute Gasteiger partial charge is 0.122 e. The molecule has 2 aromatic rings. The Morgan fingerprint density at radius 2 is 1.95 bits per heavy atom. The average Bonchev–Trinajstić information content (AvgIpc) is 3.23. The van der Waals surface area contributed by atoms with E-state index in [0.717, 1.165) is 17.0 Å². The molecule has 1 aliphatic carbocycles. The quantitative estimate of drug-likeness (QED) is 0.836. The Hall–Kier alpha value is -1.96. The van der Waals surface area contributed by atoms with Gasteiger partial charge in [0.25, 0.3) is 0 Å². The highest BCUT2D eigenvalue weighted by molar-refractivity contribution is 5.53. The van der Waals surface area contributed by atoms with Gasteiger partial charge in [0.15, 0.2) is 0 Å². The fourth-order valence-corrected chi connectivity index (χ4v) is 2.68. The van der Waals surface area contributed by atoms with Gasteiger partial charge in [0.1, 0.15) is 12.4 Å². The van der Waals surface area contributed by atoms with Gasteiger partial charge < -0.3 is 10.5 Å². The maximum absolute atomic E-state index is 6.13. The van der Waals surface area contributed by atoms with E-state index in [1.54, 1.807) is 0 Å². The third-order valence-electron chi connectivity index (χ3n) is 3.97. The van der Waals surface area contributed by atoms with Gasteiger partial charge in [-0.3, -0.25) is 0 Å². The van der Waals surface area contributed by atoms with E-state index in [2.05, 4.69) is 32.0 Å². The second kappa shape index (κ2) is 5.20. The molecule has 104 valence electrons. The van der Waals surface area contributed by atoms with Gasteiger partial charge in [0.2, 0.25) is 0 Å². The zero-order valence-electron chi connectivity index (χ0n) is 12.1. The van der Waals surface area contributed by atoms with Crippen molar-refractivity contribution in [3.8, 4) is 5.75 Å². The maximum atomic E-state index is 6.13. The number of nitrogen functional groups attached to an aromatic ring is 1. The Labute approximate surface area is 120 Å². The van der Waals surface area contributed by atoms with Crippen LogP contribution in [-0.2, 0) is 6.61 Å². The van der Waals surface area contributed by atoms with E-state index in [0.29, 0.717) is 12.5 Å². The van der Waals surface area contributed by atoms with Crippen LogP contribution in [0.25, 0.3) is 0 Å². The summed E-state index contributed by atoms with van der Waals surface area (Å²) in [6, 6.07) is 12.5. The van der Waals surface area contributed by atoms with Gasteiger partial charge in [-0.1, -0.05) is 29.8 Å². The van der Waals surface area contributed by atoms with Crippen LogP contribution in [0, 0.1) is 13.8 Å². The lowest BCUT2D eigenvalue weighted by atomic mass is 10.0. The second-order valence-corrected chi connectivity index (χ2v) is 5.75. The number of rotatable bonds is 4. The largest absolute Gasteiger partial charge is 0.489 e. The molecule has 0 spiro atoms. The summed E-state index contributed by atoms with van der Waals surface area (Å²) >= 11 is 0. The highest BCUT2D eigenvalue weighted by Crippen LogP contribution is 2.43. The summed E-state index contributed by atoms with van der Waals surface area (Å²) < 4.78 is 6.00. The van der Waals surface area contributed by atoms with Gasteiger partial charge in [-0.25, -0.2) is 0 Å². The Morgan fingerprint density at radius 1 is 1.15 bits per heavy atom. The van der Waals surface area contributed by atoms with E-state index in [1.165, 1.54) is 29.5 Å². The van der Waals surface area contributed by atoms with E-state index in [-0.39, 0.29) is 0 Å². The first-order valence-electron chi connectivity index (χ1n) is 7.22. The zero-order chi connectivity index (χ0) is 14.1. The third kappa shape index (κ3) is 2.64. The molecule has 2 N–H and O–H groups in total. The summed E-state index contributed by atoms with van der Waals surface area (Å²) in [5.74, 6) is 1.64. The van der Waals surface area contributed by atoms with Crippen molar-refractivity contribution in [3.05, 3.63) is 58.7 Å². The van der Waals surface area contributed by atoms with E-state index < -0.39 is 0 Å². The van der Waals surface area contributed by atoms with Gasteiger partial charge in [0.05, 0.1) is 0 Å². The van der Waals surface area contributed by atoms with E-state index >= 15 is 0 Å². The lowest BCUT2D eigenvalue weighted by Gasteiger charge is -2.14. The molecule has 0 saturated heterocycles. The number of nitrogens with two attached hydrogens (primary N) is 1. The number of hydrogen-bond donors (Lipinski definition) is 1. The van der Waals surface area contributed by atoms with E-state index in [9.17, 15) is 0 Å². The standard InChI is InChI=1S/C18H21NO/c1-12-6-9-18(13(2)10-12)20-11-16-15(14-7-8-14)4-3-5-17(16)19/h3-6,9-10,14H,7-8,11,19H2,1-2H3. The molecule has 1 aliphatic rings. The van der Waals surface area contributed by atoms with Crippen molar-refractivity contribution in [1.29, 1.82) is 0 Å². The summed E-state index contributed by atoms with van der Waals surface area (Å²) in [7, 11) is 0. The average molecular weight is 267 g/mol. The van der Waals surface area contributed by atoms with E-state index in [4.69, 9.17) is 10.5 Å². The minimum absolute atomic E-state index is 0.558. The number of anilines is 1. The predicted octanol–water partition coefficient (Wildman–Crippen LogP) is 4.34. The monoisotopic (exact) mass is 267 g/mol. The molecule has 1 fully saturated rings. The predicted molar refractivity (Wildman–Crippen MR) is 83.1 cm³/mol. The Bertz CT molecular complexity index is 629. The molecule has 2 aromatic carbocycles. The first-order chi connectivity index (χ1) is 9.65. The molecule has 0 atom stereocenters. The summed E-state index contributed by atoms with van der Waals surface area (Å²) in [6.45, 7) is 4.73. The van der Waals surface area contributed by atoms with Crippen molar-refractivity contribution < 1.29 is 4.74 Å². The summed E-state index contributed by atoms with van der Waals surface area (Å²) in [5, 5.41) is 0. The number of aryl methyl sites for hydroxylation is 2.